The Labute approximate surface area is 211 Å². The van der Waals surface area contributed by atoms with E-state index in [1.54, 1.807) is 32.6 Å². The number of nitrogens with zero attached hydrogens (tertiary/aromatic N) is 2. The third kappa shape index (κ3) is 6.99. The highest BCUT2D eigenvalue weighted by molar-refractivity contribution is 14.0. The van der Waals surface area contributed by atoms with E-state index < -0.39 is 0 Å². The lowest BCUT2D eigenvalue weighted by atomic mass is 9.98. The van der Waals surface area contributed by atoms with Crippen molar-refractivity contribution in [3.8, 4) is 11.5 Å². The van der Waals surface area contributed by atoms with Gasteiger partial charge in [0.05, 0.1) is 20.8 Å². The predicted octanol–water partition coefficient (Wildman–Crippen LogP) is 3.72. The number of thiophene rings is 1. The van der Waals surface area contributed by atoms with Crippen LogP contribution in [0.5, 0.6) is 11.5 Å². The van der Waals surface area contributed by atoms with Gasteiger partial charge in [-0.1, -0.05) is 0 Å². The van der Waals surface area contributed by atoms with Crippen LogP contribution in [0.2, 0.25) is 0 Å². The quantitative estimate of drug-likeness (QED) is 0.218. The van der Waals surface area contributed by atoms with E-state index in [0.717, 1.165) is 43.2 Å². The molecule has 1 aromatic heterocycles. The Bertz CT molecular complexity index is 932. The molecule has 0 radical (unpaired) electrons. The van der Waals surface area contributed by atoms with Crippen molar-refractivity contribution in [3.63, 3.8) is 0 Å². The van der Waals surface area contributed by atoms with Crippen molar-refractivity contribution in [2.75, 3.05) is 34.4 Å². The molecule has 2 N–H and O–H groups in total. The summed E-state index contributed by atoms with van der Waals surface area (Å²) in [7, 11) is 5.03. The number of halogens is 1. The molecule has 0 spiro atoms. The van der Waals surface area contributed by atoms with Crippen LogP contribution >= 0.6 is 35.3 Å². The Morgan fingerprint density at radius 2 is 1.88 bits per heavy atom. The molecule has 1 aliphatic rings. The van der Waals surface area contributed by atoms with E-state index in [-0.39, 0.29) is 29.9 Å². The molecule has 2 heterocycles. The Morgan fingerprint density at radius 3 is 2.50 bits per heavy atom. The maximum absolute atomic E-state index is 12.7. The molecule has 1 aromatic carbocycles. The number of rotatable bonds is 8. The minimum atomic E-state index is 0. The van der Waals surface area contributed by atoms with Crippen molar-refractivity contribution >= 4 is 47.2 Å². The molecule has 0 aliphatic carbocycles. The molecule has 0 atom stereocenters. The van der Waals surface area contributed by atoms with E-state index in [1.807, 2.05) is 17.0 Å². The molecule has 0 unspecified atom stereocenters. The number of nitrogens with one attached hydrogen (secondary N) is 2. The summed E-state index contributed by atoms with van der Waals surface area (Å²) >= 11 is 1.78. The second kappa shape index (κ2) is 12.9. The third-order valence-corrected chi connectivity index (χ3v) is 6.38. The molecule has 0 fully saturated rings. The summed E-state index contributed by atoms with van der Waals surface area (Å²) in [5, 5.41) is 6.60. The average molecular weight is 573 g/mol. The van der Waals surface area contributed by atoms with Gasteiger partial charge < -0.3 is 25.0 Å². The van der Waals surface area contributed by atoms with E-state index in [1.165, 1.54) is 15.3 Å². The molecule has 9 heteroatoms. The zero-order valence-electron chi connectivity index (χ0n) is 19.2. The van der Waals surface area contributed by atoms with Gasteiger partial charge in [0.15, 0.2) is 17.5 Å². The van der Waals surface area contributed by atoms with Gasteiger partial charge in [0.2, 0.25) is 5.91 Å². The molecular formula is C23H33IN4O3S. The third-order valence-electron chi connectivity index (χ3n) is 5.38. The SMILES string of the molecule is CN=C(NCCCC(=O)N1CCc2cc(OC)c(OC)cc2C1)NCc1ccc(C)s1.I. The van der Waals surface area contributed by atoms with Crippen molar-refractivity contribution in [3.05, 3.63) is 45.1 Å². The summed E-state index contributed by atoms with van der Waals surface area (Å²) in [6, 6.07) is 8.26. The van der Waals surface area contributed by atoms with Gasteiger partial charge in [0.25, 0.3) is 0 Å². The van der Waals surface area contributed by atoms with Crippen LogP contribution in [0.4, 0.5) is 0 Å². The second-order valence-corrected chi connectivity index (χ2v) is 8.88. The van der Waals surface area contributed by atoms with Crippen LogP contribution in [0.25, 0.3) is 0 Å². The number of carbonyl (C=O) groups excluding carboxylic acids is 1. The molecule has 2 aromatic rings. The van der Waals surface area contributed by atoms with Gasteiger partial charge in [0, 0.05) is 42.9 Å². The number of methoxy groups -OCH3 is 2. The first kappa shape index (κ1) is 26.2. The average Bonchev–Trinajstić information content (AvgIpc) is 3.21. The largest absolute Gasteiger partial charge is 0.493 e. The van der Waals surface area contributed by atoms with Crippen LogP contribution < -0.4 is 20.1 Å². The fourth-order valence-electron chi connectivity index (χ4n) is 3.67. The van der Waals surface area contributed by atoms with Crippen LogP contribution in [-0.4, -0.2) is 51.1 Å². The number of aliphatic imine (C=N–C) groups is 1. The predicted molar refractivity (Wildman–Crippen MR) is 141 cm³/mol. The Kier molecular flexibility index (Phi) is 10.6. The topological polar surface area (TPSA) is 75.2 Å². The lowest BCUT2D eigenvalue weighted by Crippen LogP contribution is -2.38. The van der Waals surface area contributed by atoms with Crippen molar-refractivity contribution in [1.82, 2.24) is 15.5 Å². The monoisotopic (exact) mass is 572 g/mol. The summed E-state index contributed by atoms with van der Waals surface area (Å²) < 4.78 is 10.8. The molecule has 1 aliphatic heterocycles. The smallest absolute Gasteiger partial charge is 0.222 e. The highest BCUT2D eigenvalue weighted by atomic mass is 127. The van der Waals surface area contributed by atoms with Gasteiger partial charge in [-0.05, 0) is 55.2 Å². The Morgan fingerprint density at radius 1 is 1.16 bits per heavy atom. The minimum Gasteiger partial charge on any atom is -0.493 e. The van der Waals surface area contributed by atoms with E-state index in [0.29, 0.717) is 25.3 Å². The molecule has 0 bridgehead atoms. The summed E-state index contributed by atoms with van der Waals surface area (Å²) in [4.78, 5) is 21.5. The van der Waals surface area contributed by atoms with Gasteiger partial charge in [-0.15, -0.1) is 35.3 Å². The second-order valence-electron chi connectivity index (χ2n) is 7.51. The fourth-order valence-corrected chi connectivity index (χ4v) is 4.50. The number of fused-ring (bicyclic) bond motifs is 1. The van der Waals surface area contributed by atoms with Gasteiger partial charge in [-0.2, -0.15) is 0 Å². The normalized spacial score (nSPS) is 13.1. The van der Waals surface area contributed by atoms with Crippen LogP contribution in [0, 0.1) is 6.92 Å². The molecule has 32 heavy (non-hydrogen) atoms. The van der Waals surface area contributed by atoms with E-state index in [2.05, 4.69) is 34.7 Å². The summed E-state index contributed by atoms with van der Waals surface area (Å²) in [6.45, 7) is 4.90. The number of ether oxygens (including phenoxy) is 2. The first-order valence-electron chi connectivity index (χ1n) is 10.6. The molecule has 7 nitrogen and oxygen atoms in total. The number of guanidine groups is 1. The van der Waals surface area contributed by atoms with Crippen LogP contribution in [0.1, 0.15) is 33.7 Å². The first-order valence-corrected chi connectivity index (χ1v) is 11.4. The van der Waals surface area contributed by atoms with Gasteiger partial charge in [0.1, 0.15) is 0 Å². The van der Waals surface area contributed by atoms with Gasteiger partial charge >= 0.3 is 0 Å². The number of aryl methyl sites for hydroxylation is 1. The van der Waals surface area contributed by atoms with Crippen LogP contribution in [0.15, 0.2) is 29.3 Å². The maximum atomic E-state index is 12.7. The first-order chi connectivity index (χ1) is 15.0. The number of benzene rings is 1. The zero-order valence-corrected chi connectivity index (χ0v) is 22.3. The van der Waals surface area contributed by atoms with E-state index in [9.17, 15) is 4.79 Å². The van der Waals surface area contributed by atoms with Crippen LogP contribution in [-0.2, 0) is 24.3 Å². The molecule has 1 amide bonds. The number of carbonyl (C=O) groups is 1. The zero-order chi connectivity index (χ0) is 22.2. The minimum absolute atomic E-state index is 0. The van der Waals surface area contributed by atoms with Crippen molar-refractivity contribution in [2.24, 2.45) is 4.99 Å². The lowest BCUT2D eigenvalue weighted by Gasteiger charge is -2.29. The Balaban J connectivity index is 0.00000363. The van der Waals surface area contributed by atoms with Gasteiger partial charge in [-0.25, -0.2) is 0 Å². The fraction of sp³-hybridized carbons (Fsp3) is 0.478. The highest BCUT2D eigenvalue weighted by Gasteiger charge is 2.22. The number of hydrogen-bond donors (Lipinski definition) is 2. The summed E-state index contributed by atoms with van der Waals surface area (Å²) in [5.74, 6) is 2.38. The molecule has 176 valence electrons. The van der Waals surface area contributed by atoms with Crippen molar-refractivity contribution < 1.29 is 14.3 Å². The summed E-state index contributed by atoms with van der Waals surface area (Å²) in [5.41, 5.74) is 2.35. The standard InChI is InChI=1S/C23H32N4O3S.HI/c1-16-7-8-19(31-16)14-26-23(24-2)25-10-5-6-22(28)27-11-9-17-12-20(29-3)21(30-4)13-18(17)15-27;/h7-8,12-13H,5-6,9-11,14-15H2,1-4H3,(H2,24,25,26);1H. The number of hydrogen-bond acceptors (Lipinski definition) is 5. The molecule has 0 saturated carbocycles. The van der Waals surface area contributed by atoms with Crippen molar-refractivity contribution in [2.45, 2.75) is 39.3 Å². The summed E-state index contributed by atoms with van der Waals surface area (Å²) in [6.07, 6.45) is 2.10. The molecule has 3 rings (SSSR count). The molecule has 0 saturated heterocycles. The maximum Gasteiger partial charge on any atom is 0.222 e. The number of amides is 1. The lowest BCUT2D eigenvalue weighted by molar-refractivity contribution is -0.132. The highest BCUT2D eigenvalue weighted by Crippen LogP contribution is 2.33. The molecular weight excluding hydrogens is 539 g/mol. The van der Waals surface area contributed by atoms with Gasteiger partial charge in [-0.3, -0.25) is 9.79 Å². The van der Waals surface area contributed by atoms with E-state index in [4.69, 9.17) is 9.47 Å². The Hall–Kier alpha value is -2.01. The van der Waals surface area contributed by atoms with Crippen LogP contribution in [0.3, 0.4) is 0 Å². The van der Waals surface area contributed by atoms with E-state index >= 15 is 0 Å². The van der Waals surface area contributed by atoms with Crippen molar-refractivity contribution in [1.29, 1.82) is 0 Å².